The van der Waals surface area contributed by atoms with Crippen molar-refractivity contribution >= 4 is 11.6 Å². The Bertz CT molecular complexity index is 399. The highest BCUT2D eigenvalue weighted by molar-refractivity contribution is 5.80. The summed E-state index contributed by atoms with van der Waals surface area (Å²) in [5.74, 6) is 1.47. The van der Waals surface area contributed by atoms with Crippen LogP contribution in [0.3, 0.4) is 0 Å². The predicted molar refractivity (Wildman–Crippen MR) is 83.2 cm³/mol. The van der Waals surface area contributed by atoms with Crippen molar-refractivity contribution < 1.29 is 9.53 Å². The topological polar surface area (TPSA) is 50.4 Å². The molecule has 0 radical (unpaired) electrons. The third kappa shape index (κ3) is 7.02. The lowest BCUT2D eigenvalue weighted by Crippen LogP contribution is -2.31. The molecule has 1 rings (SSSR count). The monoisotopic (exact) mass is 278 g/mol. The summed E-state index contributed by atoms with van der Waals surface area (Å²) < 4.78 is 5.56. The zero-order valence-electron chi connectivity index (χ0n) is 12.9. The molecule has 1 aromatic rings. The van der Waals surface area contributed by atoms with Gasteiger partial charge in [-0.25, -0.2) is 0 Å². The maximum Gasteiger partial charge on any atom is 0.239 e. The van der Waals surface area contributed by atoms with Crippen LogP contribution in [0.4, 0.5) is 5.69 Å². The van der Waals surface area contributed by atoms with Gasteiger partial charge in [-0.2, -0.15) is 0 Å². The first-order valence-electron chi connectivity index (χ1n) is 7.24. The molecule has 0 aliphatic rings. The zero-order valence-corrected chi connectivity index (χ0v) is 12.9. The molecule has 1 amide bonds. The molecule has 0 fully saturated rings. The van der Waals surface area contributed by atoms with Gasteiger partial charge in [0, 0.05) is 12.2 Å². The van der Waals surface area contributed by atoms with Crippen molar-refractivity contribution in [1.29, 1.82) is 0 Å². The van der Waals surface area contributed by atoms with Crippen molar-refractivity contribution in [3.05, 3.63) is 24.3 Å². The molecule has 0 bridgehead atoms. The number of amides is 1. The van der Waals surface area contributed by atoms with Gasteiger partial charge in [-0.3, -0.25) is 4.79 Å². The SMILES string of the molecule is CC(C)CCNC(=O)CNc1ccc(OC(C)C)cc1. The van der Waals surface area contributed by atoms with Gasteiger partial charge in [0.25, 0.3) is 0 Å². The van der Waals surface area contributed by atoms with Crippen LogP contribution in [-0.4, -0.2) is 25.1 Å². The zero-order chi connectivity index (χ0) is 15.0. The second-order valence-corrected chi connectivity index (χ2v) is 5.58. The van der Waals surface area contributed by atoms with Crippen molar-refractivity contribution in [3.8, 4) is 5.75 Å². The van der Waals surface area contributed by atoms with Crippen molar-refractivity contribution in [2.45, 2.75) is 40.2 Å². The minimum atomic E-state index is 0.0214. The Balaban J connectivity index is 2.29. The second kappa shape index (κ2) is 8.46. The average molecular weight is 278 g/mol. The van der Waals surface area contributed by atoms with E-state index >= 15 is 0 Å². The Morgan fingerprint density at radius 3 is 2.35 bits per heavy atom. The third-order valence-electron chi connectivity index (χ3n) is 2.72. The van der Waals surface area contributed by atoms with Crippen molar-refractivity contribution in [2.24, 2.45) is 5.92 Å². The number of carbonyl (C=O) groups excluding carboxylic acids is 1. The van der Waals surface area contributed by atoms with E-state index in [1.54, 1.807) is 0 Å². The Morgan fingerprint density at radius 2 is 1.80 bits per heavy atom. The first-order valence-corrected chi connectivity index (χ1v) is 7.24. The van der Waals surface area contributed by atoms with E-state index in [-0.39, 0.29) is 12.0 Å². The Morgan fingerprint density at radius 1 is 1.15 bits per heavy atom. The molecular weight excluding hydrogens is 252 g/mol. The molecular formula is C16H26N2O2. The van der Waals surface area contributed by atoms with Crippen LogP contribution in [0.5, 0.6) is 5.75 Å². The van der Waals surface area contributed by atoms with Crippen LogP contribution in [0.2, 0.25) is 0 Å². The van der Waals surface area contributed by atoms with Crippen LogP contribution in [-0.2, 0) is 4.79 Å². The van der Waals surface area contributed by atoms with Gasteiger partial charge in [-0.1, -0.05) is 13.8 Å². The summed E-state index contributed by atoms with van der Waals surface area (Å²) in [7, 11) is 0. The molecule has 20 heavy (non-hydrogen) atoms. The van der Waals surface area contributed by atoms with Crippen molar-refractivity contribution in [2.75, 3.05) is 18.4 Å². The lowest BCUT2D eigenvalue weighted by molar-refractivity contribution is -0.119. The number of carbonyl (C=O) groups is 1. The minimum absolute atomic E-state index is 0.0214. The van der Waals surface area contributed by atoms with Gasteiger partial charge in [-0.15, -0.1) is 0 Å². The van der Waals surface area contributed by atoms with E-state index in [0.717, 1.165) is 24.4 Å². The molecule has 0 spiro atoms. The van der Waals surface area contributed by atoms with Gasteiger partial charge >= 0.3 is 0 Å². The first kappa shape index (κ1) is 16.3. The summed E-state index contributed by atoms with van der Waals surface area (Å²) >= 11 is 0. The fraction of sp³-hybridized carbons (Fsp3) is 0.562. The fourth-order valence-electron chi connectivity index (χ4n) is 1.67. The molecule has 4 nitrogen and oxygen atoms in total. The Kier molecular flexibility index (Phi) is 6.91. The number of hydrogen-bond donors (Lipinski definition) is 2. The van der Waals surface area contributed by atoms with Gasteiger partial charge in [0.2, 0.25) is 5.91 Å². The van der Waals surface area contributed by atoms with Gasteiger partial charge in [-0.05, 0) is 50.5 Å². The van der Waals surface area contributed by atoms with Gasteiger partial charge in [0.05, 0.1) is 12.6 Å². The van der Waals surface area contributed by atoms with Crippen molar-refractivity contribution in [1.82, 2.24) is 5.32 Å². The lowest BCUT2D eigenvalue weighted by atomic mass is 10.1. The van der Waals surface area contributed by atoms with E-state index in [9.17, 15) is 4.79 Å². The number of rotatable bonds is 8. The van der Waals surface area contributed by atoms with E-state index in [1.165, 1.54) is 0 Å². The van der Waals surface area contributed by atoms with E-state index in [1.807, 2.05) is 38.1 Å². The van der Waals surface area contributed by atoms with E-state index < -0.39 is 0 Å². The maximum atomic E-state index is 11.6. The van der Waals surface area contributed by atoms with E-state index in [2.05, 4.69) is 24.5 Å². The number of ether oxygens (including phenoxy) is 1. The molecule has 0 aromatic heterocycles. The summed E-state index contributed by atoms with van der Waals surface area (Å²) in [4.78, 5) is 11.6. The summed E-state index contributed by atoms with van der Waals surface area (Å²) in [6.45, 7) is 9.31. The average Bonchev–Trinajstić information content (AvgIpc) is 2.37. The molecule has 0 saturated carbocycles. The fourth-order valence-corrected chi connectivity index (χ4v) is 1.67. The van der Waals surface area contributed by atoms with Gasteiger partial charge in [0.15, 0.2) is 0 Å². The third-order valence-corrected chi connectivity index (χ3v) is 2.72. The largest absolute Gasteiger partial charge is 0.491 e. The predicted octanol–water partition coefficient (Wildman–Crippen LogP) is 3.05. The van der Waals surface area contributed by atoms with Crippen LogP contribution < -0.4 is 15.4 Å². The quantitative estimate of drug-likeness (QED) is 0.768. The second-order valence-electron chi connectivity index (χ2n) is 5.58. The lowest BCUT2D eigenvalue weighted by Gasteiger charge is -2.11. The van der Waals surface area contributed by atoms with Crippen LogP contribution in [0, 0.1) is 5.92 Å². The number of nitrogens with one attached hydrogen (secondary N) is 2. The van der Waals surface area contributed by atoms with Gasteiger partial charge in [0.1, 0.15) is 5.75 Å². The number of anilines is 1. The molecule has 0 atom stereocenters. The highest BCUT2D eigenvalue weighted by Crippen LogP contribution is 2.16. The van der Waals surface area contributed by atoms with Crippen LogP contribution in [0.15, 0.2) is 24.3 Å². The maximum absolute atomic E-state index is 11.6. The van der Waals surface area contributed by atoms with Gasteiger partial charge < -0.3 is 15.4 Å². The molecule has 4 heteroatoms. The Hall–Kier alpha value is -1.71. The summed E-state index contributed by atoms with van der Waals surface area (Å²) in [5.41, 5.74) is 0.917. The van der Waals surface area contributed by atoms with Crippen molar-refractivity contribution in [3.63, 3.8) is 0 Å². The molecule has 112 valence electrons. The van der Waals surface area contributed by atoms with Crippen LogP contribution >= 0.6 is 0 Å². The molecule has 2 N–H and O–H groups in total. The summed E-state index contributed by atoms with van der Waals surface area (Å²) in [5, 5.41) is 5.99. The normalized spacial score (nSPS) is 10.7. The van der Waals surface area contributed by atoms with Crippen LogP contribution in [0.1, 0.15) is 34.1 Å². The highest BCUT2D eigenvalue weighted by atomic mass is 16.5. The highest BCUT2D eigenvalue weighted by Gasteiger charge is 2.02. The molecule has 0 saturated heterocycles. The molecule has 0 aliphatic heterocycles. The summed E-state index contributed by atoms with van der Waals surface area (Å²) in [6.07, 6.45) is 1.17. The number of hydrogen-bond acceptors (Lipinski definition) is 3. The first-order chi connectivity index (χ1) is 9.47. The smallest absolute Gasteiger partial charge is 0.239 e. The van der Waals surface area contributed by atoms with Crippen LogP contribution in [0.25, 0.3) is 0 Å². The minimum Gasteiger partial charge on any atom is -0.491 e. The standard InChI is InChI=1S/C16H26N2O2/c1-12(2)9-10-17-16(19)11-18-14-5-7-15(8-6-14)20-13(3)4/h5-8,12-13,18H,9-11H2,1-4H3,(H,17,19). The molecule has 0 aliphatic carbocycles. The van der Waals surface area contributed by atoms with E-state index in [4.69, 9.17) is 4.74 Å². The number of benzene rings is 1. The molecule has 1 aromatic carbocycles. The molecule has 0 heterocycles. The van der Waals surface area contributed by atoms with E-state index in [0.29, 0.717) is 12.5 Å². The molecule has 0 unspecified atom stereocenters. The Labute approximate surface area is 121 Å². The summed E-state index contributed by atoms with van der Waals surface area (Å²) in [6, 6.07) is 7.64.